The Labute approximate surface area is 172 Å². The van der Waals surface area contributed by atoms with Crippen molar-refractivity contribution in [2.24, 2.45) is 0 Å². The second-order valence-electron chi connectivity index (χ2n) is 6.42. The standard InChI is InChI=1S/C23H15ClN2O3/c24-16-11-8-15(9-12-16)10-13-21(27)25-17-4-3-5-18(14-17)26-22(28)19-6-1-2-7-20(19)23(26)29/h1-14H,(H,25,27). The van der Waals surface area contributed by atoms with E-state index in [2.05, 4.69) is 5.32 Å². The molecule has 3 amide bonds. The summed E-state index contributed by atoms with van der Waals surface area (Å²) in [5, 5.41) is 3.36. The number of halogens is 1. The van der Waals surface area contributed by atoms with Gasteiger partial charge in [0.25, 0.3) is 11.8 Å². The summed E-state index contributed by atoms with van der Waals surface area (Å²) < 4.78 is 0. The first-order valence-corrected chi connectivity index (χ1v) is 9.23. The van der Waals surface area contributed by atoms with E-state index >= 15 is 0 Å². The van der Waals surface area contributed by atoms with E-state index in [1.165, 1.54) is 6.08 Å². The Balaban J connectivity index is 1.51. The number of rotatable bonds is 4. The molecule has 1 heterocycles. The van der Waals surface area contributed by atoms with Gasteiger partial charge >= 0.3 is 0 Å². The lowest BCUT2D eigenvalue weighted by molar-refractivity contribution is -0.111. The molecule has 0 spiro atoms. The molecule has 0 saturated heterocycles. The van der Waals surface area contributed by atoms with Gasteiger partial charge in [0.15, 0.2) is 0 Å². The summed E-state index contributed by atoms with van der Waals surface area (Å²) in [6, 6.07) is 20.4. The average molecular weight is 403 g/mol. The van der Waals surface area contributed by atoms with Crippen molar-refractivity contribution in [1.29, 1.82) is 0 Å². The number of carbonyl (C=O) groups is 3. The molecule has 0 fully saturated rings. The Morgan fingerprint density at radius 1 is 0.862 bits per heavy atom. The van der Waals surface area contributed by atoms with Gasteiger partial charge in [0, 0.05) is 16.8 Å². The number of nitrogens with zero attached hydrogens (tertiary/aromatic N) is 1. The second kappa shape index (κ2) is 7.73. The lowest BCUT2D eigenvalue weighted by Crippen LogP contribution is -2.29. The van der Waals surface area contributed by atoms with Crippen molar-refractivity contribution in [2.45, 2.75) is 0 Å². The Kier molecular flexibility index (Phi) is 4.97. The molecular weight excluding hydrogens is 388 g/mol. The first-order valence-electron chi connectivity index (χ1n) is 8.85. The van der Waals surface area contributed by atoms with Gasteiger partial charge in [-0.3, -0.25) is 14.4 Å². The fraction of sp³-hybridized carbons (Fsp3) is 0. The molecule has 29 heavy (non-hydrogen) atoms. The molecule has 3 aromatic rings. The van der Waals surface area contributed by atoms with E-state index in [1.807, 2.05) is 0 Å². The number of imide groups is 1. The van der Waals surface area contributed by atoms with Gasteiger partial charge in [-0.15, -0.1) is 0 Å². The zero-order chi connectivity index (χ0) is 20.4. The molecule has 0 radical (unpaired) electrons. The number of carbonyl (C=O) groups excluding carboxylic acids is 3. The van der Waals surface area contributed by atoms with Crippen LogP contribution in [0.3, 0.4) is 0 Å². The third kappa shape index (κ3) is 3.81. The van der Waals surface area contributed by atoms with Crippen molar-refractivity contribution in [1.82, 2.24) is 0 Å². The summed E-state index contributed by atoms with van der Waals surface area (Å²) in [6.07, 6.45) is 3.07. The van der Waals surface area contributed by atoms with Crippen molar-refractivity contribution in [3.63, 3.8) is 0 Å². The van der Waals surface area contributed by atoms with Crippen LogP contribution in [0.1, 0.15) is 26.3 Å². The van der Waals surface area contributed by atoms with E-state index in [0.29, 0.717) is 27.5 Å². The molecule has 0 atom stereocenters. The van der Waals surface area contributed by atoms with E-state index in [0.717, 1.165) is 10.5 Å². The van der Waals surface area contributed by atoms with E-state index in [-0.39, 0.29) is 17.7 Å². The Hall–Kier alpha value is -3.70. The maximum Gasteiger partial charge on any atom is 0.266 e. The maximum absolute atomic E-state index is 12.6. The van der Waals surface area contributed by atoms with E-state index in [9.17, 15) is 14.4 Å². The first-order chi connectivity index (χ1) is 14.0. The van der Waals surface area contributed by atoms with E-state index < -0.39 is 0 Å². The van der Waals surface area contributed by atoms with Gasteiger partial charge in [-0.1, -0.05) is 41.9 Å². The fourth-order valence-electron chi connectivity index (χ4n) is 3.08. The summed E-state index contributed by atoms with van der Waals surface area (Å²) in [7, 11) is 0. The zero-order valence-corrected chi connectivity index (χ0v) is 15.9. The molecule has 6 heteroatoms. The van der Waals surface area contributed by atoms with Gasteiger partial charge in [0.05, 0.1) is 16.8 Å². The summed E-state index contributed by atoms with van der Waals surface area (Å²) in [5.41, 5.74) is 2.46. The Morgan fingerprint density at radius 3 is 2.17 bits per heavy atom. The number of benzene rings is 3. The van der Waals surface area contributed by atoms with Crippen LogP contribution in [-0.2, 0) is 4.79 Å². The molecule has 0 saturated carbocycles. The Bertz CT molecular complexity index is 1120. The number of hydrogen-bond acceptors (Lipinski definition) is 3. The number of anilines is 2. The summed E-state index contributed by atoms with van der Waals surface area (Å²) >= 11 is 5.85. The van der Waals surface area contributed by atoms with Crippen LogP contribution >= 0.6 is 11.6 Å². The first kappa shape index (κ1) is 18.7. The molecule has 4 rings (SSSR count). The SMILES string of the molecule is O=C(C=Cc1ccc(Cl)cc1)Nc1cccc(N2C(=O)c3ccccc3C2=O)c1. The highest BCUT2D eigenvalue weighted by Gasteiger charge is 2.36. The van der Waals surface area contributed by atoms with Crippen LogP contribution in [-0.4, -0.2) is 17.7 Å². The molecule has 5 nitrogen and oxygen atoms in total. The molecule has 0 aromatic heterocycles. The minimum Gasteiger partial charge on any atom is -0.322 e. The molecule has 1 aliphatic heterocycles. The number of amides is 3. The van der Waals surface area contributed by atoms with Crippen molar-refractivity contribution >= 4 is 46.8 Å². The topological polar surface area (TPSA) is 66.5 Å². The van der Waals surface area contributed by atoms with E-state index in [4.69, 9.17) is 11.6 Å². The summed E-state index contributed by atoms with van der Waals surface area (Å²) in [5.74, 6) is -1.09. The largest absolute Gasteiger partial charge is 0.322 e. The third-order valence-corrected chi connectivity index (χ3v) is 4.72. The highest BCUT2D eigenvalue weighted by atomic mass is 35.5. The molecule has 3 aromatic carbocycles. The van der Waals surface area contributed by atoms with Gasteiger partial charge < -0.3 is 5.32 Å². The number of nitrogens with one attached hydrogen (secondary N) is 1. The number of hydrogen-bond donors (Lipinski definition) is 1. The van der Waals surface area contributed by atoms with Gasteiger partial charge in [-0.2, -0.15) is 0 Å². The van der Waals surface area contributed by atoms with E-state index in [1.54, 1.807) is 78.9 Å². The minimum absolute atomic E-state index is 0.334. The quantitative estimate of drug-likeness (QED) is 0.504. The zero-order valence-electron chi connectivity index (χ0n) is 15.1. The number of fused-ring (bicyclic) bond motifs is 1. The summed E-state index contributed by atoms with van der Waals surface area (Å²) in [6.45, 7) is 0. The summed E-state index contributed by atoms with van der Waals surface area (Å²) in [4.78, 5) is 38.6. The highest BCUT2D eigenvalue weighted by molar-refractivity contribution is 6.34. The second-order valence-corrected chi connectivity index (χ2v) is 6.85. The molecule has 1 aliphatic rings. The van der Waals surface area contributed by atoms with Gasteiger partial charge in [0.1, 0.15) is 0 Å². The van der Waals surface area contributed by atoms with Gasteiger partial charge in [0.2, 0.25) is 5.91 Å². The highest BCUT2D eigenvalue weighted by Crippen LogP contribution is 2.29. The smallest absolute Gasteiger partial charge is 0.266 e. The van der Waals surface area contributed by atoms with Crippen molar-refractivity contribution in [3.05, 3.63) is 101 Å². The lowest BCUT2D eigenvalue weighted by atomic mass is 10.1. The van der Waals surface area contributed by atoms with Crippen LogP contribution in [0, 0.1) is 0 Å². The molecule has 0 unspecified atom stereocenters. The minimum atomic E-state index is -0.378. The average Bonchev–Trinajstić information content (AvgIpc) is 2.98. The van der Waals surface area contributed by atoms with Crippen LogP contribution < -0.4 is 10.2 Å². The van der Waals surface area contributed by atoms with Crippen molar-refractivity contribution in [3.8, 4) is 0 Å². The monoisotopic (exact) mass is 402 g/mol. The molecule has 0 bridgehead atoms. The normalized spacial score (nSPS) is 13.1. The van der Waals surface area contributed by atoms with Crippen LogP contribution in [0.15, 0.2) is 78.9 Å². The molecule has 142 valence electrons. The van der Waals surface area contributed by atoms with Crippen LogP contribution in [0.25, 0.3) is 6.08 Å². The Morgan fingerprint density at radius 2 is 1.52 bits per heavy atom. The van der Waals surface area contributed by atoms with Crippen LogP contribution in [0.5, 0.6) is 0 Å². The molecular formula is C23H15ClN2O3. The predicted octanol–water partition coefficient (Wildman–Crippen LogP) is 4.79. The van der Waals surface area contributed by atoms with Crippen molar-refractivity contribution < 1.29 is 14.4 Å². The molecule has 1 N–H and O–H groups in total. The lowest BCUT2D eigenvalue weighted by Gasteiger charge is -2.15. The molecule has 0 aliphatic carbocycles. The third-order valence-electron chi connectivity index (χ3n) is 4.46. The van der Waals surface area contributed by atoms with Crippen LogP contribution in [0.4, 0.5) is 11.4 Å². The predicted molar refractivity (Wildman–Crippen MR) is 113 cm³/mol. The van der Waals surface area contributed by atoms with Gasteiger partial charge in [-0.05, 0) is 54.1 Å². The van der Waals surface area contributed by atoms with Gasteiger partial charge in [-0.25, -0.2) is 4.90 Å². The van der Waals surface area contributed by atoms with Crippen LogP contribution in [0.2, 0.25) is 5.02 Å². The maximum atomic E-state index is 12.6. The van der Waals surface area contributed by atoms with Crippen molar-refractivity contribution in [2.75, 3.05) is 10.2 Å². The fourth-order valence-corrected chi connectivity index (χ4v) is 3.20.